The highest BCUT2D eigenvalue weighted by molar-refractivity contribution is 5.79. The molecule has 0 heterocycles. The van der Waals surface area contributed by atoms with Crippen LogP contribution in [0.4, 0.5) is 4.79 Å². The van der Waals surface area contributed by atoms with E-state index in [1.54, 1.807) is 6.07 Å². The van der Waals surface area contributed by atoms with Gasteiger partial charge < -0.3 is 29.8 Å². The average Bonchev–Trinajstić information content (AvgIpc) is 2.85. The Kier molecular flexibility index (Phi) is 14.7. The van der Waals surface area contributed by atoms with Crippen LogP contribution in [0.3, 0.4) is 0 Å². The molecular weight excluding hydrogens is 518 g/mol. The fraction of sp³-hybridized carbons (Fsp3) is 0.667. The zero-order valence-electron chi connectivity index (χ0n) is 25.0. The van der Waals surface area contributed by atoms with E-state index in [-0.39, 0.29) is 55.6 Å². The number of carbonyl (C=O) groups excluding carboxylic acids is 3. The van der Waals surface area contributed by atoms with Crippen LogP contribution in [0.15, 0.2) is 18.2 Å². The van der Waals surface area contributed by atoms with Gasteiger partial charge in [-0.05, 0) is 55.2 Å². The zero-order chi connectivity index (χ0) is 30.5. The van der Waals surface area contributed by atoms with Crippen LogP contribution in [-0.4, -0.2) is 47.4 Å². The van der Waals surface area contributed by atoms with Gasteiger partial charge in [0.15, 0.2) is 11.5 Å². The first kappa shape index (κ1) is 34.9. The van der Waals surface area contributed by atoms with Crippen molar-refractivity contribution >= 4 is 24.1 Å². The maximum atomic E-state index is 12.5. The summed E-state index contributed by atoms with van der Waals surface area (Å²) in [4.78, 5) is 49.1. The Bertz CT molecular complexity index is 991. The van der Waals surface area contributed by atoms with Crippen LogP contribution in [0.25, 0.3) is 0 Å². The fourth-order valence-corrected chi connectivity index (χ4v) is 3.67. The van der Waals surface area contributed by atoms with E-state index in [0.29, 0.717) is 24.3 Å². The summed E-state index contributed by atoms with van der Waals surface area (Å²) in [5.74, 6) is -1.42. The summed E-state index contributed by atoms with van der Waals surface area (Å²) < 4.78 is 21.3. The molecule has 0 spiro atoms. The van der Waals surface area contributed by atoms with E-state index >= 15 is 0 Å². The fourth-order valence-electron chi connectivity index (χ4n) is 3.67. The molecule has 0 saturated heterocycles. The topological polar surface area (TPSA) is 151 Å². The van der Waals surface area contributed by atoms with Gasteiger partial charge in [0, 0.05) is 25.7 Å². The number of carboxylic acids is 1. The van der Waals surface area contributed by atoms with E-state index in [2.05, 4.69) is 0 Å². The summed E-state index contributed by atoms with van der Waals surface area (Å²) in [6, 6.07) is 4.48. The van der Waals surface area contributed by atoms with Crippen LogP contribution in [0.5, 0.6) is 11.5 Å². The number of carboxylic acid groups (broad SMARTS) is 1. The summed E-state index contributed by atoms with van der Waals surface area (Å²) in [6.07, 6.45) is 0.346. The lowest BCUT2D eigenvalue weighted by Crippen LogP contribution is -2.52. The number of hydrogen-bond donors (Lipinski definition) is 2. The van der Waals surface area contributed by atoms with E-state index < -0.39 is 35.7 Å². The second-order valence-corrected chi connectivity index (χ2v) is 11.4. The molecule has 40 heavy (non-hydrogen) atoms. The van der Waals surface area contributed by atoms with Crippen molar-refractivity contribution in [3.05, 3.63) is 23.8 Å². The molecule has 0 radical (unpaired) electrons. The Morgan fingerprint density at radius 3 is 1.95 bits per heavy atom. The second kappa shape index (κ2) is 16.8. The van der Waals surface area contributed by atoms with Gasteiger partial charge in [0.25, 0.3) is 0 Å². The van der Waals surface area contributed by atoms with Gasteiger partial charge in [0.2, 0.25) is 0 Å². The molecule has 0 aliphatic heterocycles. The van der Waals surface area contributed by atoms with Gasteiger partial charge in [0.05, 0.1) is 6.61 Å². The van der Waals surface area contributed by atoms with Crippen LogP contribution >= 0.6 is 0 Å². The Morgan fingerprint density at radius 2 is 1.45 bits per heavy atom. The predicted octanol–water partition coefficient (Wildman–Crippen LogP) is 5.67. The number of aliphatic carboxylic acids is 1. The van der Waals surface area contributed by atoms with E-state index in [1.165, 1.54) is 19.1 Å². The minimum absolute atomic E-state index is 0.00909. The lowest BCUT2D eigenvalue weighted by atomic mass is 9.86. The summed E-state index contributed by atoms with van der Waals surface area (Å²) in [5, 5.41) is 9.95. The molecule has 0 aromatic heterocycles. The largest absolute Gasteiger partial charge is 0.508 e. The number of esters is 2. The van der Waals surface area contributed by atoms with Crippen LogP contribution in [0.1, 0.15) is 92.6 Å². The molecule has 10 nitrogen and oxygen atoms in total. The molecule has 1 rings (SSSR count). The Balaban J connectivity index is 3.10. The van der Waals surface area contributed by atoms with Gasteiger partial charge in [-0.3, -0.25) is 14.4 Å². The van der Waals surface area contributed by atoms with Crippen molar-refractivity contribution in [2.24, 2.45) is 23.5 Å². The second-order valence-electron chi connectivity index (χ2n) is 11.4. The molecule has 1 aromatic rings. The van der Waals surface area contributed by atoms with Gasteiger partial charge in [-0.25, -0.2) is 4.79 Å². The highest BCUT2D eigenvalue weighted by atomic mass is 16.7. The Hall–Kier alpha value is -3.14. The quantitative estimate of drug-likeness (QED) is 0.178. The van der Waals surface area contributed by atoms with Crippen molar-refractivity contribution in [2.45, 2.75) is 105 Å². The van der Waals surface area contributed by atoms with Crippen molar-refractivity contribution in [3.63, 3.8) is 0 Å². The molecule has 1 aromatic carbocycles. The third-order valence-corrected chi connectivity index (χ3v) is 6.38. The lowest BCUT2D eigenvalue weighted by Gasteiger charge is -2.28. The van der Waals surface area contributed by atoms with Crippen molar-refractivity contribution in [3.8, 4) is 11.5 Å². The highest BCUT2D eigenvalue weighted by Gasteiger charge is 2.37. The van der Waals surface area contributed by atoms with Gasteiger partial charge >= 0.3 is 24.1 Å². The average molecular weight is 566 g/mol. The first-order valence-corrected chi connectivity index (χ1v) is 14.0. The van der Waals surface area contributed by atoms with Crippen molar-refractivity contribution in [1.29, 1.82) is 0 Å². The van der Waals surface area contributed by atoms with Crippen LogP contribution in [-0.2, 0) is 30.3 Å². The molecule has 2 unspecified atom stereocenters. The SMILES string of the molecule is CCC(C)COC(=O)O[C@@H](C)CC(N)(Cc1ccc(OC(=O)CCC(C)C)c(OC(=O)CCC(C)C)c1)C(=O)O. The van der Waals surface area contributed by atoms with Gasteiger partial charge in [0.1, 0.15) is 11.6 Å². The first-order chi connectivity index (χ1) is 18.6. The number of rotatable bonds is 17. The number of nitrogens with two attached hydrogens (primary N) is 1. The van der Waals surface area contributed by atoms with Gasteiger partial charge in [-0.15, -0.1) is 0 Å². The molecule has 0 fully saturated rings. The van der Waals surface area contributed by atoms with E-state index in [9.17, 15) is 24.3 Å². The third-order valence-electron chi connectivity index (χ3n) is 6.38. The predicted molar refractivity (Wildman–Crippen MR) is 150 cm³/mol. The molecule has 0 amide bonds. The minimum Gasteiger partial charge on any atom is -0.480 e. The van der Waals surface area contributed by atoms with Crippen LogP contribution < -0.4 is 15.2 Å². The molecule has 0 aliphatic carbocycles. The number of benzene rings is 1. The smallest absolute Gasteiger partial charge is 0.480 e. The van der Waals surface area contributed by atoms with E-state index in [0.717, 1.165) is 6.42 Å². The monoisotopic (exact) mass is 565 g/mol. The van der Waals surface area contributed by atoms with Crippen molar-refractivity contribution in [2.75, 3.05) is 6.61 Å². The third kappa shape index (κ3) is 13.3. The van der Waals surface area contributed by atoms with Gasteiger partial charge in [-0.2, -0.15) is 0 Å². The maximum Gasteiger partial charge on any atom is 0.508 e. The Morgan fingerprint density at radius 1 is 0.900 bits per heavy atom. The normalized spacial score (nSPS) is 14.2. The summed E-state index contributed by atoms with van der Waals surface area (Å²) in [5.41, 5.74) is 4.91. The summed E-state index contributed by atoms with van der Waals surface area (Å²) in [7, 11) is 0. The molecule has 0 bridgehead atoms. The van der Waals surface area contributed by atoms with Crippen LogP contribution in [0, 0.1) is 17.8 Å². The van der Waals surface area contributed by atoms with Gasteiger partial charge in [-0.1, -0.05) is 54.0 Å². The highest BCUT2D eigenvalue weighted by Crippen LogP contribution is 2.32. The Labute approximate surface area is 237 Å². The molecule has 0 saturated carbocycles. The molecule has 3 atom stereocenters. The molecular formula is C30H47NO9. The molecule has 226 valence electrons. The van der Waals surface area contributed by atoms with Crippen molar-refractivity contribution in [1.82, 2.24) is 0 Å². The maximum absolute atomic E-state index is 12.5. The minimum atomic E-state index is -1.81. The summed E-state index contributed by atoms with van der Waals surface area (Å²) in [6.45, 7) is 13.6. The molecule has 0 aliphatic rings. The standard InChI is InChI=1S/C30H47NO9/c1-8-21(6)18-37-29(36)38-22(7)16-30(31,28(34)35)17-23-11-12-24(39-26(32)13-9-19(2)3)25(15-23)40-27(33)14-10-20(4)5/h11-12,15,19-22H,8-10,13-14,16-18,31H2,1-7H3,(H,34,35)/t21?,22-,30?/m0/s1. The lowest BCUT2D eigenvalue weighted by molar-refractivity contribution is -0.144. The van der Waals surface area contributed by atoms with Crippen molar-refractivity contribution < 1.29 is 43.2 Å². The summed E-state index contributed by atoms with van der Waals surface area (Å²) >= 11 is 0. The first-order valence-electron chi connectivity index (χ1n) is 14.0. The molecule has 10 heteroatoms. The number of ether oxygens (including phenoxy) is 4. The molecule has 3 N–H and O–H groups in total. The van der Waals surface area contributed by atoms with E-state index in [1.807, 2.05) is 41.5 Å². The van der Waals surface area contributed by atoms with Crippen LogP contribution in [0.2, 0.25) is 0 Å². The number of hydrogen-bond acceptors (Lipinski definition) is 9. The van der Waals surface area contributed by atoms with E-state index in [4.69, 9.17) is 24.7 Å². The zero-order valence-corrected chi connectivity index (χ0v) is 25.0. The number of carbonyl (C=O) groups is 4.